The van der Waals surface area contributed by atoms with Crippen molar-refractivity contribution in [3.05, 3.63) is 65.7 Å². The molecule has 3 aliphatic heterocycles. The maximum atomic E-state index is 13.2. The van der Waals surface area contributed by atoms with Gasteiger partial charge in [-0.3, -0.25) is 14.4 Å². The molecule has 13 unspecified atom stereocenters. The van der Waals surface area contributed by atoms with E-state index in [4.69, 9.17) is 28.4 Å². The highest BCUT2D eigenvalue weighted by atomic mass is 16.8. The summed E-state index contributed by atoms with van der Waals surface area (Å²) in [6, 6.07) is 14.3. The first kappa shape index (κ1) is 46.8. The van der Waals surface area contributed by atoms with Crippen LogP contribution in [0.1, 0.15) is 75.3 Å². The Hall–Kier alpha value is -4.24. The van der Waals surface area contributed by atoms with E-state index >= 15 is 0 Å². The van der Waals surface area contributed by atoms with E-state index in [0.717, 1.165) is 5.56 Å². The summed E-state index contributed by atoms with van der Waals surface area (Å²) >= 11 is 0. The number of aliphatic hydroxyl groups is 5. The lowest BCUT2D eigenvalue weighted by atomic mass is 9.97. The van der Waals surface area contributed by atoms with Crippen molar-refractivity contribution in [3.8, 4) is 5.75 Å². The zero-order valence-electron chi connectivity index (χ0n) is 34.3. The third kappa shape index (κ3) is 12.4. The maximum absolute atomic E-state index is 13.2. The van der Waals surface area contributed by atoms with Crippen LogP contribution in [-0.2, 0) is 38.1 Å². The molecule has 332 valence electrons. The summed E-state index contributed by atoms with van der Waals surface area (Å²) < 4.78 is 34.6. The molecule has 13 atom stereocenters. The Balaban J connectivity index is 1.27. The SMILES string of the molecule is CCC(C)C(=O)N1CCCNC(=O)CC(c2ccc(OC3OC(C)C(O)C(O)C3OC3OC(COC(=O)c4ccccc4)C(O)C(O)C3O)cc2)NCCC(OC(C)=O)C1. The first-order valence-corrected chi connectivity index (χ1v) is 20.5. The molecule has 0 aromatic heterocycles. The zero-order valence-corrected chi connectivity index (χ0v) is 34.3. The van der Waals surface area contributed by atoms with E-state index < -0.39 is 92.1 Å². The first-order chi connectivity index (χ1) is 28.7. The highest BCUT2D eigenvalue weighted by molar-refractivity contribution is 5.89. The molecule has 2 amide bonds. The molecule has 2 aromatic rings. The van der Waals surface area contributed by atoms with E-state index in [0.29, 0.717) is 38.9 Å². The average molecular weight is 846 g/mol. The minimum absolute atomic E-state index is 0.0353. The van der Waals surface area contributed by atoms with Gasteiger partial charge in [-0.2, -0.15) is 0 Å². The van der Waals surface area contributed by atoms with Gasteiger partial charge in [-0.05, 0) is 62.6 Å². The molecule has 18 nitrogen and oxygen atoms in total. The number of rotatable bonds is 11. The normalized spacial score (nSPS) is 32.5. The molecule has 5 rings (SSSR count). The van der Waals surface area contributed by atoms with Gasteiger partial charge in [0.1, 0.15) is 55.1 Å². The van der Waals surface area contributed by atoms with Crippen molar-refractivity contribution < 1.29 is 73.1 Å². The predicted octanol–water partition coefficient (Wildman–Crippen LogP) is 0.319. The fourth-order valence-corrected chi connectivity index (χ4v) is 7.22. The molecular weight excluding hydrogens is 786 g/mol. The smallest absolute Gasteiger partial charge is 0.338 e. The van der Waals surface area contributed by atoms with Crippen LogP contribution in [0.15, 0.2) is 54.6 Å². The summed E-state index contributed by atoms with van der Waals surface area (Å²) in [5.74, 6) is -1.37. The standard InChI is InChI=1S/C42H59N3O15/c1-5-23(2)39(53)45-19-9-17-44-32(47)20-30(43-18-16-29(21-45)57-25(4)46)26-12-14-28(15-13-26)58-42-38(36(51)33(48)24(3)56-42)60-41-37(52)35(50)34(49)31(59-41)22-55-40(54)27-10-7-6-8-11-27/h6-8,10-15,23-24,29-31,33-38,41-43,48-52H,5,9,16-22H2,1-4H3,(H,44,47). The molecule has 0 bridgehead atoms. The highest BCUT2D eigenvalue weighted by Gasteiger charge is 2.51. The van der Waals surface area contributed by atoms with Gasteiger partial charge in [-0.1, -0.05) is 44.2 Å². The van der Waals surface area contributed by atoms with Crippen molar-refractivity contribution in [2.45, 2.75) is 127 Å². The van der Waals surface area contributed by atoms with Crippen LogP contribution < -0.4 is 15.4 Å². The lowest BCUT2D eigenvalue weighted by molar-refractivity contribution is -0.355. The fraction of sp³-hybridized carbons (Fsp3) is 0.619. The third-order valence-electron chi connectivity index (χ3n) is 10.9. The summed E-state index contributed by atoms with van der Waals surface area (Å²) in [4.78, 5) is 52.5. The minimum Gasteiger partial charge on any atom is -0.462 e. The number of ether oxygens (including phenoxy) is 6. The van der Waals surface area contributed by atoms with E-state index in [1.807, 2.05) is 13.8 Å². The van der Waals surface area contributed by atoms with Crippen LogP contribution in [0.2, 0.25) is 0 Å². The molecule has 0 spiro atoms. The Bertz CT molecular complexity index is 1700. The van der Waals surface area contributed by atoms with Crippen molar-refractivity contribution in [2.24, 2.45) is 5.92 Å². The highest BCUT2D eigenvalue weighted by Crippen LogP contribution is 2.31. The Morgan fingerprint density at radius 1 is 0.900 bits per heavy atom. The van der Waals surface area contributed by atoms with Gasteiger partial charge in [0, 0.05) is 38.4 Å². The molecule has 60 heavy (non-hydrogen) atoms. The molecule has 2 aromatic carbocycles. The second-order valence-electron chi connectivity index (χ2n) is 15.5. The summed E-state index contributed by atoms with van der Waals surface area (Å²) in [5, 5.41) is 60.3. The van der Waals surface area contributed by atoms with Gasteiger partial charge in [0.05, 0.1) is 18.2 Å². The second-order valence-corrected chi connectivity index (χ2v) is 15.5. The molecule has 0 radical (unpaired) electrons. The number of nitrogens with one attached hydrogen (secondary N) is 2. The minimum atomic E-state index is -1.83. The van der Waals surface area contributed by atoms with Gasteiger partial charge in [0.15, 0.2) is 12.4 Å². The van der Waals surface area contributed by atoms with Gasteiger partial charge in [-0.15, -0.1) is 0 Å². The van der Waals surface area contributed by atoms with Gasteiger partial charge in [-0.25, -0.2) is 4.79 Å². The topological polar surface area (TPSA) is 252 Å². The van der Waals surface area contributed by atoms with E-state index in [1.165, 1.54) is 26.0 Å². The fourth-order valence-electron chi connectivity index (χ4n) is 7.22. The number of benzene rings is 2. The van der Waals surface area contributed by atoms with Crippen molar-refractivity contribution in [1.29, 1.82) is 0 Å². The maximum Gasteiger partial charge on any atom is 0.338 e. The predicted molar refractivity (Wildman–Crippen MR) is 211 cm³/mol. The van der Waals surface area contributed by atoms with Crippen LogP contribution in [0.3, 0.4) is 0 Å². The number of aliphatic hydroxyl groups excluding tert-OH is 5. The Morgan fingerprint density at radius 3 is 2.30 bits per heavy atom. The first-order valence-electron chi connectivity index (χ1n) is 20.5. The molecule has 3 aliphatic rings. The third-order valence-corrected chi connectivity index (χ3v) is 10.9. The lowest BCUT2D eigenvalue weighted by Gasteiger charge is -2.45. The Labute approximate surface area is 349 Å². The molecular formula is C42H59N3O15. The summed E-state index contributed by atoms with van der Waals surface area (Å²) in [6.45, 7) is 7.45. The number of carbonyl (C=O) groups is 4. The van der Waals surface area contributed by atoms with Gasteiger partial charge >= 0.3 is 11.9 Å². The van der Waals surface area contributed by atoms with Crippen molar-refractivity contribution in [2.75, 3.05) is 32.8 Å². The summed E-state index contributed by atoms with van der Waals surface area (Å²) in [5.41, 5.74) is 0.961. The monoisotopic (exact) mass is 845 g/mol. The van der Waals surface area contributed by atoms with Crippen LogP contribution in [0.5, 0.6) is 5.75 Å². The van der Waals surface area contributed by atoms with Crippen molar-refractivity contribution in [1.82, 2.24) is 15.5 Å². The number of carbonyl (C=O) groups excluding carboxylic acids is 4. The molecule has 7 N–H and O–H groups in total. The van der Waals surface area contributed by atoms with Crippen LogP contribution in [0.4, 0.5) is 0 Å². The molecule has 3 heterocycles. The molecule has 18 heteroatoms. The molecule has 0 saturated carbocycles. The number of amides is 2. The van der Waals surface area contributed by atoms with Gasteiger partial charge in [0.2, 0.25) is 18.1 Å². The van der Waals surface area contributed by atoms with Crippen molar-refractivity contribution in [3.63, 3.8) is 0 Å². The second kappa shape index (κ2) is 22.0. The zero-order chi connectivity index (χ0) is 43.5. The number of hydrogen-bond donors (Lipinski definition) is 7. The summed E-state index contributed by atoms with van der Waals surface area (Å²) in [6.07, 6.45) is -14.2. The lowest BCUT2D eigenvalue weighted by Crippen LogP contribution is -2.64. The number of nitrogens with zero attached hydrogens (tertiary/aromatic N) is 1. The molecule has 3 saturated heterocycles. The molecule has 3 fully saturated rings. The largest absolute Gasteiger partial charge is 0.462 e. The van der Waals surface area contributed by atoms with Crippen LogP contribution >= 0.6 is 0 Å². The Morgan fingerprint density at radius 2 is 1.62 bits per heavy atom. The van der Waals surface area contributed by atoms with E-state index in [2.05, 4.69) is 10.6 Å². The number of esters is 2. The van der Waals surface area contributed by atoms with Crippen LogP contribution in [0, 0.1) is 5.92 Å². The van der Waals surface area contributed by atoms with E-state index in [9.17, 15) is 44.7 Å². The van der Waals surface area contributed by atoms with E-state index in [1.54, 1.807) is 47.4 Å². The van der Waals surface area contributed by atoms with Crippen LogP contribution in [-0.4, -0.2) is 154 Å². The summed E-state index contributed by atoms with van der Waals surface area (Å²) in [7, 11) is 0. The van der Waals surface area contributed by atoms with Gasteiger partial charge < -0.3 is 69.5 Å². The molecule has 0 aliphatic carbocycles. The van der Waals surface area contributed by atoms with Gasteiger partial charge in [0.25, 0.3) is 0 Å². The average Bonchev–Trinajstić information content (AvgIpc) is 3.25. The Kier molecular flexibility index (Phi) is 17.2. The van der Waals surface area contributed by atoms with E-state index in [-0.39, 0.29) is 42.0 Å². The van der Waals surface area contributed by atoms with Crippen molar-refractivity contribution >= 4 is 23.8 Å². The quantitative estimate of drug-likeness (QED) is 0.151. The van der Waals surface area contributed by atoms with Crippen LogP contribution in [0.25, 0.3) is 0 Å². The number of hydrogen-bond acceptors (Lipinski definition) is 16.